The predicted octanol–water partition coefficient (Wildman–Crippen LogP) is 8.72. The maximum Gasteiger partial charge on any atom is 0.119 e. The first-order valence-corrected chi connectivity index (χ1v) is 17.4. The van der Waals surface area contributed by atoms with E-state index in [0.717, 1.165) is 50.0 Å². The first-order valence-electron chi connectivity index (χ1n) is 17.4. The van der Waals surface area contributed by atoms with Crippen LogP contribution in [0.3, 0.4) is 0 Å². The zero-order valence-electron chi connectivity index (χ0n) is 27.3. The molecule has 48 heavy (non-hydrogen) atoms. The van der Waals surface area contributed by atoms with E-state index in [1.807, 2.05) is 0 Å². The van der Waals surface area contributed by atoms with E-state index in [1.165, 1.54) is 55.7 Å². The molecule has 0 saturated heterocycles. The molecule has 0 bridgehead atoms. The molecule has 0 spiro atoms. The van der Waals surface area contributed by atoms with Crippen LogP contribution < -0.4 is 9.47 Å². The molecule has 0 saturated carbocycles. The van der Waals surface area contributed by atoms with Crippen molar-refractivity contribution in [2.75, 3.05) is 26.4 Å². The maximum atomic E-state index is 9.37. The van der Waals surface area contributed by atoms with Crippen LogP contribution in [0.15, 0.2) is 133 Å². The van der Waals surface area contributed by atoms with Gasteiger partial charge in [0.05, 0.1) is 13.2 Å². The number of hydrogen-bond donors (Lipinski definition) is 2. The van der Waals surface area contributed by atoms with Crippen LogP contribution in [-0.2, 0) is 10.8 Å². The van der Waals surface area contributed by atoms with Gasteiger partial charge in [0, 0.05) is 10.8 Å². The number of aliphatic hydroxyl groups excluding tert-OH is 2. The lowest BCUT2D eigenvalue weighted by Crippen LogP contribution is -2.34. The van der Waals surface area contributed by atoms with Gasteiger partial charge < -0.3 is 19.7 Å². The SMILES string of the molecule is OCCOc1ccc(C2(CCC3(c4ccc(OCCO)cc4)C4=CCCC=C4c4ccccc43)C3=CCCC=C3c3ccccc32)cc1. The molecule has 0 aliphatic heterocycles. The molecule has 4 aromatic rings. The zero-order chi connectivity index (χ0) is 32.6. The minimum atomic E-state index is -0.341. The molecule has 2 unspecified atom stereocenters. The van der Waals surface area contributed by atoms with Gasteiger partial charge in [0.1, 0.15) is 24.7 Å². The van der Waals surface area contributed by atoms with E-state index >= 15 is 0 Å². The van der Waals surface area contributed by atoms with Crippen molar-refractivity contribution in [1.82, 2.24) is 0 Å². The Bertz CT molecular complexity index is 1800. The number of ether oxygens (including phenoxy) is 2. The molecule has 0 radical (unpaired) electrons. The highest BCUT2D eigenvalue weighted by Crippen LogP contribution is 2.62. The lowest BCUT2D eigenvalue weighted by atomic mass is 9.62. The van der Waals surface area contributed by atoms with Gasteiger partial charge in [-0.05, 0) is 118 Å². The van der Waals surface area contributed by atoms with Gasteiger partial charge in [-0.3, -0.25) is 0 Å². The van der Waals surface area contributed by atoms with E-state index in [4.69, 9.17) is 9.47 Å². The second kappa shape index (κ2) is 12.8. The molecule has 8 rings (SSSR count). The number of aliphatic hydroxyl groups is 2. The Morgan fingerprint density at radius 2 is 0.875 bits per heavy atom. The summed E-state index contributed by atoms with van der Waals surface area (Å²) in [5.41, 5.74) is 12.9. The Morgan fingerprint density at radius 3 is 1.29 bits per heavy atom. The number of benzene rings is 4. The minimum Gasteiger partial charge on any atom is -0.491 e. The Hall–Kier alpha value is -4.64. The van der Waals surface area contributed by atoms with Crippen LogP contribution in [0.4, 0.5) is 0 Å². The largest absolute Gasteiger partial charge is 0.491 e. The third-order valence-electron chi connectivity index (χ3n) is 10.9. The summed E-state index contributed by atoms with van der Waals surface area (Å²) in [4.78, 5) is 0. The fraction of sp³-hybridized carbons (Fsp3) is 0.273. The van der Waals surface area contributed by atoms with Gasteiger partial charge in [-0.15, -0.1) is 0 Å². The monoisotopic (exact) mass is 634 g/mol. The Balaban J connectivity index is 1.31. The molecule has 0 amide bonds. The average Bonchev–Trinajstić information content (AvgIpc) is 3.61. The van der Waals surface area contributed by atoms with Gasteiger partial charge in [0.2, 0.25) is 0 Å². The van der Waals surface area contributed by atoms with Crippen molar-refractivity contribution in [3.8, 4) is 11.5 Å². The van der Waals surface area contributed by atoms with Crippen molar-refractivity contribution in [2.45, 2.75) is 49.4 Å². The Morgan fingerprint density at radius 1 is 0.479 bits per heavy atom. The Labute approximate surface area is 283 Å². The number of rotatable bonds is 11. The number of hydrogen-bond acceptors (Lipinski definition) is 4. The van der Waals surface area contributed by atoms with E-state index in [9.17, 15) is 10.2 Å². The smallest absolute Gasteiger partial charge is 0.119 e. The quantitative estimate of drug-likeness (QED) is 0.173. The fourth-order valence-electron chi connectivity index (χ4n) is 8.96. The third-order valence-corrected chi connectivity index (χ3v) is 10.9. The first-order chi connectivity index (χ1) is 23.7. The van der Waals surface area contributed by atoms with Gasteiger partial charge in [-0.2, -0.15) is 0 Å². The van der Waals surface area contributed by atoms with Crippen LogP contribution in [0.2, 0.25) is 0 Å². The molecule has 4 aromatic carbocycles. The molecule has 4 aliphatic carbocycles. The van der Waals surface area contributed by atoms with Crippen LogP contribution in [0.25, 0.3) is 11.1 Å². The topological polar surface area (TPSA) is 58.9 Å². The minimum absolute atomic E-state index is 0.00944. The summed E-state index contributed by atoms with van der Waals surface area (Å²) >= 11 is 0. The number of fused-ring (bicyclic) bond motifs is 6. The van der Waals surface area contributed by atoms with Crippen LogP contribution in [0, 0.1) is 0 Å². The summed E-state index contributed by atoms with van der Waals surface area (Å²) in [6.45, 7) is 0.541. The molecule has 242 valence electrons. The highest BCUT2D eigenvalue weighted by atomic mass is 16.5. The second-order valence-electron chi connectivity index (χ2n) is 13.2. The zero-order valence-corrected chi connectivity index (χ0v) is 27.3. The lowest BCUT2D eigenvalue weighted by Gasteiger charge is -2.40. The van der Waals surface area contributed by atoms with Crippen molar-refractivity contribution >= 4 is 11.1 Å². The predicted molar refractivity (Wildman–Crippen MR) is 192 cm³/mol. The molecule has 4 heteroatoms. The van der Waals surface area contributed by atoms with Crippen LogP contribution >= 0.6 is 0 Å². The molecule has 4 nitrogen and oxygen atoms in total. The molecule has 4 aliphatic rings. The first kappa shape index (κ1) is 30.7. The van der Waals surface area contributed by atoms with Crippen LogP contribution in [-0.4, -0.2) is 36.6 Å². The van der Waals surface area contributed by atoms with E-state index < -0.39 is 0 Å². The summed E-state index contributed by atoms with van der Waals surface area (Å²) in [5.74, 6) is 1.55. The van der Waals surface area contributed by atoms with Crippen molar-refractivity contribution < 1.29 is 19.7 Å². The average molecular weight is 635 g/mol. The van der Waals surface area contributed by atoms with Gasteiger partial charge in [-0.25, -0.2) is 0 Å². The molecule has 2 N–H and O–H groups in total. The summed E-state index contributed by atoms with van der Waals surface area (Å²) in [7, 11) is 0. The lowest BCUT2D eigenvalue weighted by molar-refractivity contribution is 0.201. The van der Waals surface area contributed by atoms with E-state index in [-0.39, 0.29) is 37.3 Å². The van der Waals surface area contributed by atoms with Gasteiger partial charge in [-0.1, -0.05) is 97.1 Å². The van der Waals surface area contributed by atoms with E-state index in [2.05, 4.69) is 121 Å². The maximum absolute atomic E-state index is 9.37. The molecular formula is C44H42O4. The molecule has 0 fully saturated rings. The van der Waals surface area contributed by atoms with E-state index in [0.29, 0.717) is 0 Å². The van der Waals surface area contributed by atoms with Crippen LogP contribution in [0.1, 0.15) is 71.9 Å². The molecule has 0 heterocycles. The summed E-state index contributed by atoms with van der Waals surface area (Å²) in [5, 5.41) is 18.7. The second-order valence-corrected chi connectivity index (χ2v) is 13.2. The summed E-state index contributed by atoms with van der Waals surface area (Å²) in [6.07, 6.45) is 15.9. The molecular weight excluding hydrogens is 592 g/mol. The molecule has 0 aromatic heterocycles. The van der Waals surface area contributed by atoms with Crippen LogP contribution in [0.5, 0.6) is 11.5 Å². The van der Waals surface area contributed by atoms with Gasteiger partial charge in [0.25, 0.3) is 0 Å². The van der Waals surface area contributed by atoms with E-state index in [1.54, 1.807) is 0 Å². The fourth-order valence-corrected chi connectivity index (χ4v) is 8.96. The Kier molecular flexibility index (Phi) is 8.15. The summed E-state index contributed by atoms with van der Waals surface area (Å²) < 4.78 is 11.6. The molecule has 2 atom stereocenters. The van der Waals surface area contributed by atoms with Gasteiger partial charge in [0.15, 0.2) is 0 Å². The highest BCUT2D eigenvalue weighted by molar-refractivity contribution is 5.94. The third kappa shape index (κ3) is 4.81. The summed E-state index contributed by atoms with van der Waals surface area (Å²) in [6, 6.07) is 35.3. The van der Waals surface area contributed by atoms with Crippen molar-refractivity contribution in [2.24, 2.45) is 0 Å². The van der Waals surface area contributed by atoms with Crippen molar-refractivity contribution in [3.63, 3.8) is 0 Å². The van der Waals surface area contributed by atoms with Crippen molar-refractivity contribution in [1.29, 1.82) is 0 Å². The standard InChI is InChI=1S/C44H42O4/c45-27-29-47-33-21-17-31(18-22-33)43(39-13-5-1-9-35(39)36-10-2-6-14-40(36)43)25-26-44(32-19-23-34(24-20-32)48-30-28-46)41-15-7-3-11-37(41)38-12-4-8-16-42(38)44/h1,3,5,7,9-24,45-46H,2,4,6,8,25-30H2. The highest BCUT2D eigenvalue weighted by Gasteiger charge is 2.52. The van der Waals surface area contributed by atoms with Crippen molar-refractivity contribution in [3.05, 3.63) is 166 Å². The van der Waals surface area contributed by atoms with Gasteiger partial charge >= 0.3 is 0 Å². The normalized spacial score (nSPS) is 22.0. The number of allylic oxidation sites excluding steroid dienone is 8.